The van der Waals surface area contributed by atoms with Gasteiger partial charge in [0, 0.05) is 11.1 Å². The number of para-hydroxylation sites is 1. The molecule has 3 aliphatic carbocycles. The van der Waals surface area contributed by atoms with Crippen molar-refractivity contribution < 1.29 is 14.4 Å². The zero-order chi connectivity index (χ0) is 25.5. The molecule has 2 aromatic carbocycles. The maximum atomic E-state index is 13.5. The van der Waals surface area contributed by atoms with Gasteiger partial charge in [-0.2, -0.15) is 0 Å². The van der Waals surface area contributed by atoms with E-state index in [9.17, 15) is 14.4 Å². The van der Waals surface area contributed by atoms with Crippen LogP contribution >= 0.6 is 23.1 Å². The molecule has 0 spiro atoms. The summed E-state index contributed by atoms with van der Waals surface area (Å²) in [5.74, 6) is 0.234. The van der Waals surface area contributed by atoms with E-state index in [1.807, 2.05) is 41.0 Å². The number of imide groups is 1. The Balaban J connectivity index is 1.05. The number of aryl methyl sites for hydroxylation is 1. The first-order valence-corrected chi connectivity index (χ1v) is 15.1. The van der Waals surface area contributed by atoms with Crippen molar-refractivity contribution in [3.8, 4) is 0 Å². The molecule has 1 aliphatic heterocycles. The number of carbonyl (C=O) groups excluding carboxylic acids is 3. The highest BCUT2D eigenvalue weighted by atomic mass is 32.2. The Morgan fingerprint density at radius 1 is 1.00 bits per heavy atom. The highest BCUT2D eigenvalue weighted by Gasteiger charge is 2.59. The third kappa shape index (κ3) is 3.19. The van der Waals surface area contributed by atoms with Crippen LogP contribution in [0.5, 0.6) is 0 Å². The van der Waals surface area contributed by atoms with Crippen LogP contribution < -0.4 is 4.90 Å². The van der Waals surface area contributed by atoms with E-state index >= 15 is 0 Å². The van der Waals surface area contributed by atoms with E-state index in [4.69, 9.17) is 4.98 Å². The lowest BCUT2D eigenvalue weighted by Gasteiger charge is -2.17. The van der Waals surface area contributed by atoms with Gasteiger partial charge in [-0.15, -0.1) is 11.3 Å². The molecule has 4 atom stereocenters. The number of allylic oxidation sites excluding steroid dienone is 2. The zero-order valence-electron chi connectivity index (χ0n) is 20.6. The first-order chi connectivity index (χ1) is 18.6. The second-order valence-electron chi connectivity index (χ2n) is 10.8. The minimum absolute atomic E-state index is 0.0665. The van der Waals surface area contributed by atoms with E-state index in [1.54, 1.807) is 0 Å². The van der Waals surface area contributed by atoms with Gasteiger partial charge in [0.25, 0.3) is 0 Å². The Labute approximate surface area is 227 Å². The molecule has 6 nitrogen and oxygen atoms in total. The first kappa shape index (κ1) is 22.7. The number of fused-ring (bicyclic) bond motifs is 9. The fraction of sp³-hybridized carbons (Fsp3) is 0.333. The normalized spacial score (nSPS) is 25.6. The monoisotopic (exact) mass is 539 g/mol. The van der Waals surface area contributed by atoms with Crippen molar-refractivity contribution in [3.63, 3.8) is 0 Å². The van der Waals surface area contributed by atoms with Gasteiger partial charge in [-0.05, 0) is 73.8 Å². The molecule has 190 valence electrons. The molecule has 4 aromatic rings. The van der Waals surface area contributed by atoms with Crippen LogP contribution in [0, 0.1) is 23.7 Å². The molecule has 0 unspecified atom stereocenters. The number of benzene rings is 2. The Bertz CT molecular complexity index is 1690. The van der Waals surface area contributed by atoms with Crippen molar-refractivity contribution in [1.29, 1.82) is 0 Å². The van der Waals surface area contributed by atoms with Crippen molar-refractivity contribution in [2.24, 2.45) is 23.7 Å². The summed E-state index contributed by atoms with van der Waals surface area (Å²) in [7, 11) is 0. The molecule has 2 fully saturated rings. The topological polar surface area (TPSA) is 72.3 Å². The summed E-state index contributed by atoms with van der Waals surface area (Å²) in [4.78, 5) is 46.1. The zero-order valence-corrected chi connectivity index (χ0v) is 22.3. The van der Waals surface area contributed by atoms with Gasteiger partial charge in [-0.1, -0.05) is 42.1 Å². The van der Waals surface area contributed by atoms with Crippen LogP contribution in [0.1, 0.15) is 35.3 Å². The number of thioether (sulfide) groups is 1. The van der Waals surface area contributed by atoms with Crippen LogP contribution in [0.25, 0.3) is 21.1 Å². The number of thiazole rings is 1. The number of aromatic nitrogens is 2. The third-order valence-electron chi connectivity index (χ3n) is 8.83. The number of carbonyl (C=O) groups is 3. The van der Waals surface area contributed by atoms with Crippen LogP contribution in [-0.4, -0.2) is 33.0 Å². The van der Waals surface area contributed by atoms with Crippen molar-refractivity contribution in [3.05, 3.63) is 65.9 Å². The molecule has 2 amide bonds. The molecule has 2 bridgehead atoms. The predicted molar refractivity (Wildman–Crippen MR) is 150 cm³/mol. The SMILES string of the molecule is O=C1[C@@H]2[C@@H](C(=O)N1c1ccc3nc(SCC(=O)n4c5c(c6ccccc64)CCCC5)sc3c1)[C@H]1C=C[C@H]2C1. The number of nitrogens with zero attached hydrogens (tertiary/aromatic N) is 3. The van der Waals surface area contributed by atoms with Gasteiger partial charge in [0.1, 0.15) is 0 Å². The lowest BCUT2D eigenvalue weighted by molar-refractivity contribution is -0.123. The molecular weight excluding hydrogens is 514 g/mol. The Kier molecular flexibility index (Phi) is 5.01. The Morgan fingerprint density at radius 2 is 1.76 bits per heavy atom. The average Bonchev–Trinajstić information content (AvgIpc) is 3.74. The third-order valence-corrected chi connectivity index (χ3v) is 11.0. The lowest BCUT2D eigenvalue weighted by Crippen LogP contribution is -2.32. The standard InChI is InChI=1S/C30H25N3O3S2/c34-25(33-22-7-3-1-5-19(22)20-6-2-4-8-23(20)33)15-37-30-31-21-12-11-18(14-24(21)38-30)32-28(35)26-16-9-10-17(13-16)27(26)29(32)36/h1,3,5,7,9-12,14,16-17,26-27H,2,4,6,8,13,15H2/t16-,17-,26-,27-/m0/s1. The molecule has 8 rings (SSSR count). The van der Waals surface area contributed by atoms with Gasteiger partial charge in [0.2, 0.25) is 17.7 Å². The van der Waals surface area contributed by atoms with Crippen LogP contribution in [0.2, 0.25) is 0 Å². The van der Waals surface area contributed by atoms with Crippen molar-refractivity contribution >= 4 is 67.6 Å². The van der Waals surface area contributed by atoms with Crippen LogP contribution in [0.4, 0.5) is 5.69 Å². The van der Waals surface area contributed by atoms with Crippen LogP contribution in [0.3, 0.4) is 0 Å². The van der Waals surface area contributed by atoms with Gasteiger partial charge in [-0.25, -0.2) is 9.88 Å². The van der Waals surface area contributed by atoms with Crippen molar-refractivity contribution in [2.75, 3.05) is 10.7 Å². The first-order valence-electron chi connectivity index (χ1n) is 13.3. The fourth-order valence-corrected chi connectivity index (χ4v) is 9.17. The maximum Gasteiger partial charge on any atom is 0.241 e. The molecule has 1 saturated carbocycles. The van der Waals surface area contributed by atoms with E-state index < -0.39 is 0 Å². The van der Waals surface area contributed by atoms with Crippen LogP contribution in [-0.2, 0) is 22.4 Å². The molecule has 8 heteroatoms. The lowest BCUT2D eigenvalue weighted by atomic mass is 9.85. The predicted octanol–water partition coefficient (Wildman–Crippen LogP) is 5.87. The van der Waals surface area contributed by atoms with Gasteiger partial charge >= 0.3 is 0 Å². The summed E-state index contributed by atoms with van der Waals surface area (Å²) < 4.78 is 3.67. The fourth-order valence-electron chi connectivity index (χ4n) is 7.22. The summed E-state index contributed by atoms with van der Waals surface area (Å²) in [6.45, 7) is 0. The minimum Gasteiger partial charge on any atom is -0.283 e. The largest absolute Gasteiger partial charge is 0.283 e. The van der Waals surface area contributed by atoms with E-state index in [-0.39, 0.29) is 41.4 Å². The van der Waals surface area contributed by atoms with Gasteiger partial charge in [0.05, 0.1) is 39.0 Å². The smallest absolute Gasteiger partial charge is 0.241 e. The molecule has 1 saturated heterocycles. The summed E-state index contributed by atoms with van der Waals surface area (Å²) >= 11 is 2.96. The van der Waals surface area contributed by atoms with Crippen LogP contribution in [0.15, 0.2) is 59.0 Å². The molecule has 2 aromatic heterocycles. The van der Waals surface area contributed by atoms with Gasteiger partial charge < -0.3 is 0 Å². The summed E-state index contributed by atoms with van der Waals surface area (Å²) in [5, 5.41) is 1.20. The van der Waals surface area contributed by atoms with Gasteiger partial charge in [-0.3, -0.25) is 19.0 Å². The maximum absolute atomic E-state index is 13.5. The molecule has 38 heavy (non-hydrogen) atoms. The number of rotatable bonds is 4. The summed E-state index contributed by atoms with van der Waals surface area (Å²) in [6, 6.07) is 13.8. The van der Waals surface area contributed by atoms with E-state index in [0.717, 1.165) is 45.8 Å². The highest BCUT2D eigenvalue weighted by Crippen LogP contribution is 2.53. The van der Waals surface area contributed by atoms with Crippen molar-refractivity contribution in [1.82, 2.24) is 9.55 Å². The summed E-state index contributed by atoms with van der Waals surface area (Å²) in [6.07, 6.45) is 9.42. The molecule has 4 aliphatic rings. The Hall–Kier alpha value is -3.23. The van der Waals surface area contributed by atoms with Gasteiger partial charge in [0.15, 0.2) is 4.34 Å². The second kappa shape index (κ2) is 8.38. The highest BCUT2D eigenvalue weighted by molar-refractivity contribution is 8.01. The number of hydrogen-bond acceptors (Lipinski definition) is 6. The van der Waals surface area contributed by atoms with E-state index in [0.29, 0.717) is 11.4 Å². The summed E-state index contributed by atoms with van der Waals surface area (Å²) in [5.41, 5.74) is 4.95. The molecular formula is C30H25N3O3S2. The average molecular weight is 540 g/mol. The molecule has 0 N–H and O–H groups in total. The number of anilines is 1. The van der Waals surface area contributed by atoms with E-state index in [2.05, 4.69) is 18.2 Å². The number of amides is 2. The minimum atomic E-state index is -0.206. The number of hydrogen-bond donors (Lipinski definition) is 0. The molecule has 3 heterocycles. The van der Waals surface area contributed by atoms with E-state index in [1.165, 1.54) is 51.1 Å². The molecule has 0 radical (unpaired) electrons. The second-order valence-corrected chi connectivity index (χ2v) is 13.1. The van der Waals surface area contributed by atoms with Crippen molar-refractivity contribution in [2.45, 2.75) is 36.4 Å². The quantitative estimate of drug-likeness (QED) is 0.184. The Morgan fingerprint density at radius 3 is 2.58 bits per heavy atom.